The van der Waals surface area contributed by atoms with Gasteiger partial charge in [-0.25, -0.2) is 0 Å². The van der Waals surface area contributed by atoms with Crippen LogP contribution in [0.15, 0.2) is 100 Å². The Hall–Kier alpha value is -3.64. The molecule has 1 heterocycles. The molecule has 0 bridgehead atoms. The van der Waals surface area contributed by atoms with Crippen molar-refractivity contribution in [1.82, 2.24) is 0 Å². The van der Waals surface area contributed by atoms with Gasteiger partial charge in [0.2, 0.25) is 0 Å². The highest BCUT2D eigenvalue weighted by atomic mass is 79.9. The quantitative estimate of drug-likeness (QED) is 0.357. The van der Waals surface area contributed by atoms with Crippen molar-refractivity contribution in [3.05, 3.63) is 111 Å². The lowest BCUT2D eigenvalue weighted by Gasteiger charge is -2.41. The average molecular weight is 529 g/mol. The van der Waals surface area contributed by atoms with E-state index in [1.165, 1.54) is 0 Å². The third kappa shape index (κ3) is 4.19. The third-order valence-electron chi connectivity index (χ3n) is 6.59. The van der Waals surface area contributed by atoms with Gasteiger partial charge < -0.3 is 9.84 Å². The molecule has 3 aromatic carbocycles. The Morgan fingerprint density at radius 2 is 1.69 bits per heavy atom. The first-order chi connectivity index (χ1) is 17.0. The van der Waals surface area contributed by atoms with Crippen molar-refractivity contribution >= 4 is 39.0 Å². The molecule has 0 aromatic heterocycles. The average Bonchev–Trinajstić information content (AvgIpc) is 2.89. The number of anilines is 1. The number of nitrogens with one attached hydrogen (secondary N) is 1. The number of aliphatic hydroxyl groups excluding tert-OH is 1. The minimum absolute atomic E-state index is 0.00320. The molecule has 5 rings (SSSR count). The van der Waals surface area contributed by atoms with Crippen LogP contribution in [0.2, 0.25) is 0 Å². The van der Waals surface area contributed by atoms with Gasteiger partial charge in [-0.15, -0.1) is 0 Å². The third-order valence-corrected chi connectivity index (χ3v) is 7.12. The van der Waals surface area contributed by atoms with Crippen LogP contribution in [0.4, 0.5) is 5.69 Å². The van der Waals surface area contributed by atoms with Crippen LogP contribution in [0.25, 0.3) is 5.76 Å². The van der Waals surface area contributed by atoms with Gasteiger partial charge in [-0.1, -0.05) is 58.4 Å². The number of methoxy groups -OCH3 is 1. The first-order valence-electron chi connectivity index (χ1n) is 11.5. The van der Waals surface area contributed by atoms with Crippen LogP contribution in [0.5, 0.6) is 5.75 Å². The molecule has 3 aromatic rings. The molecule has 0 amide bonds. The van der Waals surface area contributed by atoms with Gasteiger partial charge in [0.15, 0.2) is 5.78 Å². The molecular formula is C29H25BrN2O3. The largest absolute Gasteiger partial charge is 0.507 e. The molecule has 0 spiro atoms. The van der Waals surface area contributed by atoms with Crippen LogP contribution in [0.1, 0.15) is 36.3 Å². The van der Waals surface area contributed by atoms with E-state index in [4.69, 9.17) is 4.74 Å². The van der Waals surface area contributed by atoms with Crippen molar-refractivity contribution in [2.75, 3.05) is 12.0 Å². The highest BCUT2D eigenvalue weighted by molar-refractivity contribution is 9.10. The monoisotopic (exact) mass is 528 g/mol. The summed E-state index contributed by atoms with van der Waals surface area (Å²) in [7, 11) is 1.61. The molecule has 1 aliphatic heterocycles. The molecule has 1 unspecified atom stereocenters. The van der Waals surface area contributed by atoms with Gasteiger partial charge in [-0.05, 0) is 54.8 Å². The van der Waals surface area contributed by atoms with E-state index >= 15 is 0 Å². The molecule has 5 nitrogen and oxygen atoms in total. The fraction of sp³-hybridized carbons (Fsp3) is 0.172. The molecule has 0 saturated heterocycles. The van der Waals surface area contributed by atoms with Gasteiger partial charge >= 0.3 is 0 Å². The van der Waals surface area contributed by atoms with Crippen molar-refractivity contribution in [3.8, 4) is 5.75 Å². The molecule has 0 saturated carbocycles. The Bertz CT molecular complexity index is 1340. The number of ketones is 1. The van der Waals surface area contributed by atoms with E-state index in [0.29, 0.717) is 35.3 Å². The summed E-state index contributed by atoms with van der Waals surface area (Å²) in [4.78, 5) is 15.3. The number of hydrogen-bond donors (Lipinski definition) is 2. The number of allylic oxidation sites excluding steroid dienone is 2. The number of carbonyl (C=O) groups excluding carboxylic acids is 1. The zero-order chi connectivity index (χ0) is 24.5. The van der Waals surface area contributed by atoms with Crippen LogP contribution in [0.3, 0.4) is 0 Å². The van der Waals surface area contributed by atoms with Gasteiger partial charge in [0, 0.05) is 44.9 Å². The number of benzene rings is 3. The van der Waals surface area contributed by atoms with Crippen LogP contribution in [-0.2, 0) is 4.79 Å². The second-order valence-electron chi connectivity index (χ2n) is 8.63. The van der Waals surface area contributed by atoms with Gasteiger partial charge in [0.25, 0.3) is 0 Å². The van der Waals surface area contributed by atoms with Gasteiger partial charge in [0.05, 0.1) is 7.11 Å². The number of carbonyl (C=O) groups is 1. The van der Waals surface area contributed by atoms with E-state index in [1.807, 2.05) is 83.8 Å². The Balaban J connectivity index is 1.80. The number of Topliss-reactive ketones (excluding diaryl/α,β-unsaturated/α-hetero) is 1. The number of amidine groups is 1. The lowest BCUT2D eigenvalue weighted by Crippen LogP contribution is -2.42. The summed E-state index contributed by atoms with van der Waals surface area (Å²) >= 11 is 3.48. The summed E-state index contributed by atoms with van der Waals surface area (Å²) in [6, 6.07) is 24.4. The van der Waals surface area contributed by atoms with Gasteiger partial charge in [-0.2, -0.15) is 0 Å². The summed E-state index contributed by atoms with van der Waals surface area (Å²) in [5, 5.41) is 20.9. The first kappa shape index (κ1) is 23.1. The van der Waals surface area contributed by atoms with E-state index in [9.17, 15) is 15.3 Å². The van der Waals surface area contributed by atoms with E-state index in [0.717, 1.165) is 27.8 Å². The summed E-state index contributed by atoms with van der Waals surface area (Å²) in [5.41, 5.74) is 4.13. The maximum absolute atomic E-state index is 13.5. The molecule has 0 fully saturated rings. The van der Waals surface area contributed by atoms with Crippen LogP contribution >= 0.6 is 15.9 Å². The molecule has 0 radical (unpaired) electrons. The minimum atomic E-state index is -0.553. The molecule has 2 aliphatic rings. The fourth-order valence-corrected chi connectivity index (χ4v) is 5.21. The van der Waals surface area contributed by atoms with Crippen molar-refractivity contribution in [2.24, 2.45) is 0 Å². The molecule has 1 atom stereocenters. The SMILES string of the molecule is COc1ccc(C2C(=C(O)c3ccccc3)C(=N)N(c3ccc(Br)cc3)C3=C2C(=O)CCC3)cc1. The number of hydrogen-bond acceptors (Lipinski definition) is 4. The first-order valence-corrected chi connectivity index (χ1v) is 12.3. The van der Waals surface area contributed by atoms with E-state index in [1.54, 1.807) is 7.11 Å². The predicted molar refractivity (Wildman–Crippen MR) is 142 cm³/mol. The number of rotatable bonds is 4. The standard InChI is InChI=1S/C29H25BrN2O3/c1-35-22-16-10-18(11-17-22)25-26-23(8-5-9-24(26)33)32(21-14-12-20(30)13-15-21)29(31)27(25)28(34)19-6-3-2-4-7-19/h2-4,6-7,10-17,25,31,34H,5,8-9H2,1H3. The zero-order valence-corrected chi connectivity index (χ0v) is 20.9. The molecule has 35 heavy (non-hydrogen) atoms. The number of nitrogens with zero attached hydrogens (tertiary/aromatic N) is 1. The summed E-state index contributed by atoms with van der Waals surface area (Å²) < 4.78 is 6.27. The van der Waals surface area contributed by atoms with Crippen molar-refractivity contribution in [3.63, 3.8) is 0 Å². The zero-order valence-electron chi connectivity index (χ0n) is 19.3. The highest BCUT2D eigenvalue weighted by Crippen LogP contribution is 2.48. The molecule has 176 valence electrons. The van der Waals surface area contributed by atoms with Gasteiger partial charge in [-0.3, -0.25) is 15.1 Å². The molecule has 1 aliphatic carbocycles. The van der Waals surface area contributed by atoms with E-state index < -0.39 is 5.92 Å². The number of halogens is 1. The smallest absolute Gasteiger partial charge is 0.161 e. The Morgan fingerprint density at radius 3 is 2.34 bits per heavy atom. The highest BCUT2D eigenvalue weighted by Gasteiger charge is 2.43. The summed E-state index contributed by atoms with van der Waals surface area (Å²) in [6.07, 6.45) is 1.87. The predicted octanol–water partition coefficient (Wildman–Crippen LogP) is 7.02. The van der Waals surface area contributed by atoms with Crippen LogP contribution < -0.4 is 9.64 Å². The van der Waals surface area contributed by atoms with Crippen LogP contribution in [-0.4, -0.2) is 23.8 Å². The summed E-state index contributed by atoms with van der Waals surface area (Å²) in [5.74, 6) is 0.382. The van der Waals surface area contributed by atoms with Crippen LogP contribution in [0, 0.1) is 5.41 Å². The maximum atomic E-state index is 13.5. The van der Waals surface area contributed by atoms with E-state index in [2.05, 4.69) is 15.9 Å². The normalized spacial score (nSPS) is 19.5. The fourth-order valence-electron chi connectivity index (χ4n) is 4.95. The Morgan fingerprint density at radius 1 is 1.00 bits per heavy atom. The van der Waals surface area contributed by atoms with Crippen molar-refractivity contribution in [1.29, 1.82) is 5.41 Å². The van der Waals surface area contributed by atoms with Crippen molar-refractivity contribution in [2.45, 2.75) is 25.2 Å². The topological polar surface area (TPSA) is 73.6 Å². The number of aliphatic hydroxyl groups is 1. The van der Waals surface area contributed by atoms with Gasteiger partial charge in [0.1, 0.15) is 17.3 Å². The van der Waals surface area contributed by atoms with Crippen molar-refractivity contribution < 1.29 is 14.6 Å². The second kappa shape index (κ2) is 9.55. The number of ether oxygens (including phenoxy) is 1. The lowest BCUT2D eigenvalue weighted by atomic mass is 9.73. The summed E-state index contributed by atoms with van der Waals surface area (Å²) in [6.45, 7) is 0. The Kier molecular flexibility index (Phi) is 6.31. The molecule has 2 N–H and O–H groups in total. The maximum Gasteiger partial charge on any atom is 0.161 e. The minimum Gasteiger partial charge on any atom is -0.507 e. The lowest BCUT2D eigenvalue weighted by molar-refractivity contribution is -0.116. The molecular weight excluding hydrogens is 504 g/mol. The van der Waals surface area contributed by atoms with E-state index in [-0.39, 0.29) is 17.4 Å². The second-order valence-corrected chi connectivity index (χ2v) is 9.55. The molecule has 6 heteroatoms. The Labute approximate surface area is 213 Å².